The van der Waals surface area contributed by atoms with Crippen molar-refractivity contribution in [2.45, 2.75) is 16.8 Å². The Morgan fingerprint density at radius 1 is 1.21 bits per heavy atom. The van der Waals surface area contributed by atoms with E-state index in [0.717, 1.165) is 11.3 Å². The Hall–Kier alpha value is -1.76. The number of nitriles is 1. The topological polar surface area (TPSA) is 33.0 Å². The number of fused-ring (bicyclic) bond motifs is 2. The molecule has 94 valence electrons. The summed E-state index contributed by atoms with van der Waals surface area (Å²) in [5, 5.41) is 9.07. The summed E-state index contributed by atoms with van der Waals surface area (Å²) in [4.78, 5) is 1.20. The summed E-state index contributed by atoms with van der Waals surface area (Å²) in [6.45, 7) is 0. The second-order valence-corrected chi connectivity index (χ2v) is 5.48. The van der Waals surface area contributed by atoms with Gasteiger partial charge in [-0.25, -0.2) is 0 Å². The molecule has 0 spiro atoms. The highest BCUT2D eigenvalue weighted by Gasteiger charge is 2.23. The van der Waals surface area contributed by atoms with E-state index in [0.29, 0.717) is 5.56 Å². The molecule has 1 atom stereocenters. The van der Waals surface area contributed by atoms with Crippen molar-refractivity contribution < 1.29 is 4.74 Å². The minimum Gasteiger partial charge on any atom is -0.372 e. The lowest BCUT2D eigenvalue weighted by molar-refractivity contribution is 0.134. The van der Waals surface area contributed by atoms with E-state index in [-0.39, 0.29) is 6.10 Å². The molecule has 0 aromatic heterocycles. The van der Waals surface area contributed by atoms with E-state index in [9.17, 15) is 0 Å². The molecular weight excluding hydrogens is 254 g/mol. The van der Waals surface area contributed by atoms with Gasteiger partial charge in [0.2, 0.25) is 0 Å². The van der Waals surface area contributed by atoms with Crippen molar-refractivity contribution in [3.8, 4) is 6.07 Å². The molecular formula is C16H13NOS. The lowest BCUT2D eigenvalue weighted by Crippen LogP contribution is -2.05. The van der Waals surface area contributed by atoms with Crippen LogP contribution in [0.1, 0.15) is 28.4 Å². The Morgan fingerprint density at radius 2 is 2.05 bits per heavy atom. The third kappa shape index (κ3) is 2.14. The number of thioether (sulfide) groups is 1. The van der Waals surface area contributed by atoms with Crippen LogP contribution in [-0.4, -0.2) is 7.11 Å². The molecule has 0 amide bonds. The highest BCUT2D eigenvalue weighted by molar-refractivity contribution is 7.98. The molecule has 2 aromatic rings. The molecule has 0 N–H and O–H groups in total. The second kappa shape index (κ2) is 5.08. The molecule has 2 aromatic carbocycles. The number of benzene rings is 2. The van der Waals surface area contributed by atoms with Crippen LogP contribution in [0.4, 0.5) is 0 Å². The van der Waals surface area contributed by atoms with Crippen molar-refractivity contribution in [1.29, 1.82) is 5.26 Å². The van der Waals surface area contributed by atoms with Crippen LogP contribution in [0.5, 0.6) is 0 Å². The normalized spacial score (nSPS) is 16.9. The predicted octanol–water partition coefficient (Wildman–Crippen LogP) is 3.90. The van der Waals surface area contributed by atoms with Gasteiger partial charge in [0.1, 0.15) is 6.10 Å². The van der Waals surface area contributed by atoms with Crippen LogP contribution >= 0.6 is 11.8 Å². The second-order valence-electron chi connectivity index (χ2n) is 4.47. The zero-order chi connectivity index (χ0) is 13.2. The molecule has 0 saturated heterocycles. The highest BCUT2D eigenvalue weighted by Crippen LogP contribution is 2.41. The van der Waals surface area contributed by atoms with Gasteiger partial charge in [0.05, 0.1) is 11.6 Å². The van der Waals surface area contributed by atoms with Crippen molar-refractivity contribution in [3.05, 3.63) is 64.7 Å². The summed E-state index contributed by atoms with van der Waals surface area (Å²) in [5.74, 6) is 0.939. The van der Waals surface area contributed by atoms with Crippen LogP contribution < -0.4 is 0 Å². The molecule has 0 saturated carbocycles. The maximum Gasteiger partial charge on any atom is 0.109 e. The first-order valence-electron chi connectivity index (χ1n) is 6.11. The van der Waals surface area contributed by atoms with E-state index in [4.69, 9.17) is 10.00 Å². The summed E-state index contributed by atoms with van der Waals surface area (Å²) in [6.07, 6.45) is -0.0884. The minimum absolute atomic E-state index is 0.0884. The van der Waals surface area contributed by atoms with Gasteiger partial charge in [-0.1, -0.05) is 24.3 Å². The molecule has 19 heavy (non-hydrogen) atoms. The van der Waals surface area contributed by atoms with E-state index in [1.54, 1.807) is 18.9 Å². The van der Waals surface area contributed by atoms with Gasteiger partial charge in [0, 0.05) is 23.3 Å². The van der Waals surface area contributed by atoms with Gasteiger partial charge in [0.15, 0.2) is 0 Å². The number of hydrogen-bond acceptors (Lipinski definition) is 3. The quantitative estimate of drug-likeness (QED) is 0.785. The average molecular weight is 267 g/mol. The lowest BCUT2D eigenvalue weighted by atomic mass is 9.96. The zero-order valence-corrected chi connectivity index (χ0v) is 11.4. The minimum atomic E-state index is -0.0884. The summed E-state index contributed by atoms with van der Waals surface area (Å²) in [7, 11) is 1.72. The number of nitrogens with zero attached hydrogens (tertiary/aromatic N) is 1. The first-order valence-corrected chi connectivity index (χ1v) is 7.09. The lowest BCUT2D eigenvalue weighted by Gasteiger charge is -2.18. The van der Waals surface area contributed by atoms with Crippen LogP contribution in [0, 0.1) is 11.3 Å². The Kier molecular flexibility index (Phi) is 3.29. The molecule has 3 heteroatoms. The number of hydrogen-bond donors (Lipinski definition) is 0. The fraction of sp³-hybridized carbons (Fsp3) is 0.188. The molecule has 1 aliphatic heterocycles. The Morgan fingerprint density at radius 3 is 2.84 bits per heavy atom. The third-order valence-electron chi connectivity index (χ3n) is 3.38. The average Bonchev–Trinajstić information content (AvgIpc) is 2.62. The molecule has 0 fully saturated rings. The Balaban J connectivity index is 2.20. The molecule has 0 radical (unpaired) electrons. The van der Waals surface area contributed by atoms with Gasteiger partial charge < -0.3 is 4.74 Å². The summed E-state index contributed by atoms with van der Waals surface area (Å²) < 4.78 is 5.70. The Labute approximate surface area is 117 Å². The van der Waals surface area contributed by atoms with Crippen LogP contribution in [0.15, 0.2) is 47.4 Å². The summed E-state index contributed by atoms with van der Waals surface area (Å²) in [6, 6.07) is 16.4. The van der Waals surface area contributed by atoms with E-state index in [1.807, 2.05) is 24.3 Å². The van der Waals surface area contributed by atoms with Gasteiger partial charge in [-0.2, -0.15) is 5.26 Å². The largest absolute Gasteiger partial charge is 0.372 e. The third-order valence-corrected chi connectivity index (χ3v) is 4.52. The molecule has 2 nitrogen and oxygen atoms in total. The van der Waals surface area contributed by atoms with Gasteiger partial charge >= 0.3 is 0 Å². The van der Waals surface area contributed by atoms with Gasteiger partial charge in [-0.05, 0) is 29.3 Å². The number of methoxy groups -OCH3 is 1. The Bertz CT molecular complexity index is 660. The molecule has 0 bridgehead atoms. The van der Waals surface area contributed by atoms with Crippen molar-refractivity contribution in [3.63, 3.8) is 0 Å². The zero-order valence-electron chi connectivity index (χ0n) is 10.6. The molecule has 1 heterocycles. The van der Waals surface area contributed by atoms with Crippen LogP contribution in [0.25, 0.3) is 0 Å². The molecule has 3 rings (SSSR count). The monoisotopic (exact) mass is 267 g/mol. The van der Waals surface area contributed by atoms with Crippen molar-refractivity contribution in [2.75, 3.05) is 7.11 Å². The summed E-state index contributed by atoms with van der Waals surface area (Å²) >= 11 is 1.80. The standard InChI is InChI=1S/C16H13NOS/c1-18-16-13-5-3-2-4-12(13)10-19-15-7-6-11(9-17)8-14(15)16/h2-8,16H,10H2,1H3. The predicted molar refractivity (Wildman–Crippen MR) is 76.0 cm³/mol. The van der Waals surface area contributed by atoms with Crippen LogP contribution in [0.2, 0.25) is 0 Å². The number of ether oxygens (including phenoxy) is 1. The van der Waals surface area contributed by atoms with E-state index in [1.165, 1.54) is 16.0 Å². The maximum atomic E-state index is 9.07. The van der Waals surface area contributed by atoms with Gasteiger partial charge in [-0.15, -0.1) is 11.8 Å². The van der Waals surface area contributed by atoms with Gasteiger partial charge in [-0.3, -0.25) is 0 Å². The first-order chi connectivity index (χ1) is 9.33. The van der Waals surface area contributed by atoms with Crippen molar-refractivity contribution in [2.24, 2.45) is 0 Å². The smallest absolute Gasteiger partial charge is 0.109 e. The fourth-order valence-electron chi connectivity index (χ4n) is 2.45. The van der Waals surface area contributed by atoms with Crippen molar-refractivity contribution in [1.82, 2.24) is 0 Å². The van der Waals surface area contributed by atoms with E-state index in [2.05, 4.69) is 24.3 Å². The highest BCUT2D eigenvalue weighted by atomic mass is 32.2. The molecule has 1 unspecified atom stereocenters. The summed E-state index contributed by atoms with van der Waals surface area (Å²) in [5.41, 5.74) is 4.28. The van der Waals surface area contributed by atoms with Crippen molar-refractivity contribution >= 4 is 11.8 Å². The molecule has 0 aliphatic carbocycles. The SMILES string of the molecule is COC1c2ccccc2CSc2ccc(C#N)cc21. The number of rotatable bonds is 1. The van der Waals surface area contributed by atoms with Gasteiger partial charge in [0.25, 0.3) is 0 Å². The fourth-order valence-corrected chi connectivity index (χ4v) is 3.52. The maximum absolute atomic E-state index is 9.07. The van der Waals surface area contributed by atoms with Crippen LogP contribution in [0.3, 0.4) is 0 Å². The van der Waals surface area contributed by atoms with E-state index < -0.39 is 0 Å². The van der Waals surface area contributed by atoms with E-state index >= 15 is 0 Å². The first kappa shape index (κ1) is 12.3. The van der Waals surface area contributed by atoms with Crippen LogP contribution in [-0.2, 0) is 10.5 Å². The molecule has 1 aliphatic rings.